The van der Waals surface area contributed by atoms with Gasteiger partial charge in [-0.1, -0.05) is 38.1 Å². The zero-order valence-corrected chi connectivity index (χ0v) is 11.8. The largest absolute Gasteiger partial charge is 0.315 e. The highest BCUT2D eigenvalue weighted by atomic mass is 32.2. The Hall–Kier alpha value is -0.870. The summed E-state index contributed by atoms with van der Waals surface area (Å²) < 4.78 is 24.4. The minimum Gasteiger partial charge on any atom is -0.315 e. The van der Waals surface area contributed by atoms with E-state index in [-0.39, 0.29) is 11.0 Å². The quantitative estimate of drug-likeness (QED) is 0.908. The van der Waals surface area contributed by atoms with Crippen LogP contribution in [0.5, 0.6) is 0 Å². The van der Waals surface area contributed by atoms with Crippen LogP contribution in [0.15, 0.2) is 24.3 Å². The van der Waals surface area contributed by atoms with E-state index in [1.807, 2.05) is 24.3 Å². The third kappa shape index (κ3) is 3.12. The Labute approximate surface area is 110 Å². The van der Waals surface area contributed by atoms with Crippen LogP contribution in [0, 0.1) is 0 Å². The van der Waals surface area contributed by atoms with Gasteiger partial charge in [-0.25, -0.2) is 8.42 Å². The van der Waals surface area contributed by atoms with Gasteiger partial charge in [0.1, 0.15) is 0 Å². The molecule has 0 saturated carbocycles. The lowest BCUT2D eigenvalue weighted by Gasteiger charge is -2.11. The predicted octanol–water partition coefficient (Wildman–Crippen LogP) is 2.09. The molecule has 1 fully saturated rings. The van der Waals surface area contributed by atoms with E-state index in [9.17, 15) is 8.42 Å². The lowest BCUT2D eigenvalue weighted by Crippen LogP contribution is -2.25. The van der Waals surface area contributed by atoms with Gasteiger partial charge in [0.05, 0.1) is 11.0 Å². The number of hydrogen-bond acceptors (Lipinski definition) is 3. The SMILES string of the molecule is CC(C)c1ccc(CS(=O)(=O)C2CCNC2)cc1. The van der Waals surface area contributed by atoms with Crippen LogP contribution in [0.4, 0.5) is 0 Å². The first kappa shape index (κ1) is 13.6. The molecular formula is C14H21NO2S. The summed E-state index contributed by atoms with van der Waals surface area (Å²) >= 11 is 0. The molecule has 0 radical (unpaired) electrons. The monoisotopic (exact) mass is 267 g/mol. The molecule has 18 heavy (non-hydrogen) atoms. The topological polar surface area (TPSA) is 46.2 Å². The Bertz CT molecular complexity index is 485. The molecule has 1 aromatic rings. The minimum atomic E-state index is -3.01. The lowest BCUT2D eigenvalue weighted by atomic mass is 10.0. The van der Waals surface area contributed by atoms with Crippen molar-refractivity contribution in [1.82, 2.24) is 5.32 Å². The van der Waals surface area contributed by atoms with E-state index in [1.54, 1.807) is 0 Å². The number of sulfone groups is 1. The van der Waals surface area contributed by atoms with Crippen molar-refractivity contribution in [2.24, 2.45) is 0 Å². The van der Waals surface area contributed by atoms with Crippen LogP contribution in [0.25, 0.3) is 0 Å². The first-order valence-corrected chi connectivity index (χ1v) is 8.22. The second kappa shape index (κ2) is 5.41. The maximum atomic E-state index is 12.2. The van der Waals surface area contributed by atoms with Gasteiger partial charge in [0.2, 0.25) is 0 Å². The van der Waals surface area contributed by atoms with Gasteiger partial charge in [-0.15, -0.1) is 0 Å². The van der Waals surface area contributed by atoms with Gasteiger partial charge in [0.25, 0.3) is 0 Å². The van der Waals surface area contributed by atoms with E-state index in [1.165, 1.54) is 5.56 Å². The average molecular weight is 267 g/mol. The molecule has 1 heterocycles. The molecule has 1 unspecified atom stereocenters. The molecule has 1 aliphatic heterocycles. The summed E-state index contributed by atoms with van der Waals surface area (Å²) in [6, 6.07) is 7.94. The van der Waals surface area contributed by atoms with Crippen LogP contribution in [-0.2, 0) is 15.6 Å². The highest BCUT2D eigenvalue weighted by Crippen LogP contribution is 2.19. The smallest absolute Gasteiger partial charge is 0.158 e. The summed E-state index contributed by atoms with van der Waals surface area (Å²) in [7, 11) is -3.01. The molecule has 0 aliphatic carbocycles. The van der Waals surface area contributed by atoms with Gasteiger partial charge in [0.15, 0.2) is 9.84 Å². The van der Waals surface area contributed by atoms with Gasteiger partial charge >= 0.3 is 0 Å². The zero-order chi connectivity index (χ0) is 13.2. The van der Waals surface area contributed by atoms with Crippen molar-refractivity contribution < 1.29 is 8.42 Å². The average Bonchev–Trinajstić information content (AvgIpc) is 2.83. The van der Waals surface area contributed by atoms with E-state index in [0.717, 1.165) is 18.5 Å². The van der Waals surface area contributed by atoms with Crippen molar-refractivity contribution in [3.05, 3.63) is 35.4 Å². The van der Waals surface area contributed by atoms with Gasteiger partial charge < -0.3 is 5.32 Å². The summed E-state index contributed by atoms with van der Waals surface area (Å²) in [6.07, 6.45) is 0.742. The molecule has 1 atom stereocenters. The van der Waals surface area contributed by atoms with E-state index < -0.39 is 9.84 Å². The predicted molar refractivity (Wildman–Crippen MR) is 74.4 cm³/mol. The minimum absolute atomic E-state index is 0.164. The first-order valence-electron chi connectivity index (χ1n) is 6.50. The van der Waals surface area contributed by atoms with Gasteiger partial charge in [0, 0.05) is 6.54 Å². The highest BCUT2D eigenvalue weighted by molar-refractivity contribution is 7.91. The Balaban J connectivity index is 2.09. The summed E-state index contributed by atoms with van der Waals surface area (Å²) in [5.74, 6) is 0.646. The normalized spacial score (nSPS) is 20.5. The molecule has 4 heteroatoms. The van der Waals surface area contributed by atoms with Crippen LogP contribution in [0.3, 0.4) is 0 Å². The van der Waals surface area contributed by atoms with Crippen molar-refractivity contribution in [3.8, 4) is 0 Å². The summed E-state index contributed by atoms with van der Waals surface area (Å²) in [6.45, 7) is 5.69. The Kier molecular flexibility index (Phi) is 4.07. The number of hydrogen-bond donors (Lipinski definition) is 1. The van der Waals surface area contributed by atoms with Gasteiger partial charge in [-0.05, 0) is 30.0 Å². The van der Waals surface area contributed by atoms with Crippen LogP contribution in [0.1, 0.15) is 37.3 Å². The summed E-state index contributed by atoms with van der Waals surface area (Å²) in [4.78, 5) is 0. The lowest BCUT2D eigenvalue weighted by molar-refractivity contribution is 0.582. The first-order chi connectivity index (χ1) is 8.49. The third-order valence-electron chi connectivity index (χ3n) is 3.54. The molecule has 1 N–H and O–H groups in total. The van der Waals surface area contributed by atoms with E-state index in [2.05, 4.69) is 19.2 Å². The van der Waals surface area contributed by atoms with Crippen LogP contribution in [0.2, 0.25) is 0 Å². The third-order valence-corrected chi connectivity index (χ3v) is 5.69. The van der Waals surface area contributed by atoms with Crippen molar-refractivity contribution in [3.63, 3.8) is 0 Å². The fourth-order valence-electron chi connectivity index (χ4n) is 2.28. The Morgan fingerprint density at radius 3 is 2.44 bits per heavy atom. The molecule has 1 saturated heterocycles. The van der Waals surface area contributed by atoms with Crippen molar-refractivity contribution in [2.75, 3.05) is 13.1 Å². The molecular weight excluding hydrogens is 246 g/mol. The fraction of sp³-hybridized carbons (Fsp3) is 0.571. The summed E-state index contributed by atoms with van der Waals surface area (Å²) in [5.41, 5.74) is 2.14. The number of rotatable bonds is 4. The second-order valence-corrected chi connectivity index (χ2v) is 7.60. The summed E-state index contributed by atoms with van der Waals surface area (Å²) in [5, 5.41) is 2.90. The zero-order valence-electron chi connectivity index (χ0n) is 11.0. The van der Waals surface area contributed by atoms with E-state index in [4.69, 9.17) is 0 Å². The highest BCUT2D eigenvalue weighted by Gasteiger charge is 2.28. The van der Waals surface area contributed by atoms with Crippen LogP contribution >= 0.6 is 0 Å². The Morgan fingerprint density at radius 1 is 1.28 bits per heavy atom. The molecule has 1 aromatic carbocycles. The molecule has 0 bridgehead atoms. The van der Waals surface area contributed by atoms with Crippen molar-refractivity contribution in [2.45, 2.75) is 37.2 Å². The molecule has 100 valence electrons. The fourth-order valence-corrected chi connectivity index (χ4v) is 4.03. The second-order valence-electron chi connectivity index (χ2n) is 5.32. The molecule has 3 nitrogen and oxygen atoms in total. The maximum Gasteiger partial charge on any atom is 0.158 e. The van der Waals surface area contributed by atoms with Crippen LogP contribution < -0.4 is 5.32 Å². The number of nitrogens with one attached hydrogen (secondary N) is 1. The van der Waals surface area contributed by atoms with Gasteiger partial charge in [-0.3, -0.25) is 0 Å². The van der Waals surface area contributed by atoms with E-state index in [0.29, 0.717) is 12.5 Å². The molecule has 0 spiro atoms. The molecule has 0 amide bonds. The Morgan fingerprint density at radius 2 is 1.94 bits per heavy atom. The maximum absolute atomic E-state index is 12.2. The standard InChI is InChI=1S/C14H21NO2S/c1-11(2)13-5-3-12(4-6-13)10-18(16,17)14-7-8-15-9-14/h3-6,11,14-15H,7-10H2,1-2H3. The van der Waals surface area contributed by atoms with E-state index >= 15 is 0 Å². The van der Waals surface area contributed by atoms with Crippen molar-refractivity contribution >= 4 is 9.84 Å². The number of benzene rings is 1. The van der Waals surface area contributed by atoms with Crippen molar-refractivity contribution in [1.29, 1.82) is 0 Å². The van der Waals surface area contributed by atoms with Gasteiger partial charge in [-0.2, -0.15) is 0 Å². The van der Waals surface area contributed by atoms with Crippen LogP contribution in [-0.4, -0.2) is 26.8 Å². The molecule has 1 aliphatic rings. The molecule has 2 rings (SSSR count). The molecule has 0 aromatic heterocycles.